The molecule has 0 amide bonds. The van der Waals surface area contributed by atoms with Crippen molar-refractivity contribution in [1.29, 1.82) is 0 Å². The van der Waals surface area contributed by atoms with Gasteiger partial charge in [0.1, 0.15) is 0 Å². The highest BCUT2D eigenvalue weighted by Crippen LogP contribution is 2.36. The SMILES string of the molecule is Cc1ccc(C(=O)O)cc1NS(=O)(=O)c1ccc(Cl)c(C(F)(F)F)c1. The third kappa shape index (κ3) is 4.23. The first kappa shape index (κ1) is 19.1. The molecule has 0 bridgehead atoms. The van der Waals surface area contributed by atoms with Gasteiger partial charge in [0.2, 0.25) is 0 Å². The van der Waals surface area contributed by atoms with E-state index in [0.717, 1.165) is 18.2 Å². The normalized spacial score (nSPS) is 12.0. The first-order valence-corrected chi connectivity index (χ1v) is 8.51. The Morgan fingerprint density at radius 2 is 1.80 bits per heavy atom. The Balaban J connectivity index is 2.47. The lowest BCUT2D eigenvalue weighted by Crippen LogP contribution is -2.16. The van der Waals surface area contributed by atoms with Gasteiger partial charge < -0.3 is 5.11 Å². The van der Waals surface area contributed by atoms with E-state index in [1.54, 1.807) is 0 Å². The van der Waals surface area contributed by atoms with E-state index >= 15 is 0 Å². The van der Waals surface area contributed by atoms with Crippen LogP contribution in [0.2, 0.25) is 5.02 Å². The monoisotopic (exact) mass is 393 g/mol. The van der Waals surface area contributed by atoms with Gasteiger partial charge in [0.25, 0.3) is 10.0 Å². The highest BCUT2D eigenvalue weighted by atomic mass is 35.5. The molecule has 0 saturated heterocycles. The average Bonchev–Trinajstić information content (AvgIpc) is 2.48. The van der Waals surface area contributed by atoms with Crippen LogP contribution in [0.1, 0.15) is 21.5 Å². The van der Waals surface area contributed by atoms with Crippen molar-refractivity contribution in [3.63, 3.8) is 0 Å². The Morgan fingerprint density at radius 3 is 2.36 bits per heavy atom. The maximum atomic E-state index is 12.9. The maximum Gasteiger partial charge on any atom is 0.417 e. The molecular formula is C15H11ClF3NO4S. The van der Waals surface area contributed by atoms with Gasteiger partial charge in [-0.05, 0) is 42.8 Å². The van der Waals surface area contributed by atoms with Gasteiger partial charge in [-0.15, -0.1) is 0 Å². The number of carbonyl (C=O) groups is 1. The molecule has 0 unspecified atom stereocenters. The second-order valence-corrected chi connectivity index (χ2v) is 7.17. The van der Waals surface area contributed by atoms with Crippen molar-refractivity contribution in [2.75, 3.05) is 4.72 Å². The van der Waals surface area contributed by atoms with E-state index in [1.807, 2.05) is 0 Å². The van der Waals surface area contributed by atoms with Gasteiger partial charge in [-0.2, -0.15) is 13.2 Å². The molecule has 0 fully saturated rings. The molecule has 2 rings (SSSR count). The number of hydrogen-bond acceptors (Lipinski definition) is 3. The van der Waals surface area contributed by atoms with Crippen molar-refractivity contribution in [3.05, 3.63) is 58.1 Å². The van der Waals surface area contributed by atoms with Crippen LogP contribution in [0.3, 0.4) is 0 Å². The highest BCUT2D eigenvalue weighted by molar-refractivity contribution is 7.92. The first-order chi connectivity index (χ1) is 11.4. The number of anilines is 1. The Bertz CT molecular complexity index is 942. The number of aromatic carboxylic acids is 1. The number of hydrogen-bond donors (Lipinski definition) is 2. The number of carboxylic acid groups (broad SMARTS) is 1. The van der Waals surface area contributed by atoms with Crippen LogP contribution in [0.4, 0.5) is 18.9 Å². The molecule has 2 N–H and O–H groups in total. The number of alkyl halides is 3. The molecule has 0 aliphatic rings. The van der Waals surface area contributed by atoms with Crippen LogP contribution < -0.4 is 4.72 Å². The fourth-order valence-electron chi connectivity index (χ4n) is 1.96. The molecule has 10 heteroatoms. The number of rotatable bonds is 4. The third-order valence-electron chi connectivity index (χ3n) is 3.28. The molecule has 0 saturated carbocycles. The molecule has 0 aromatic heterocycles. The van der Waals surface area contributed by atoms with Gasteiger partial charge in [0.05, 0.1) is 26.7 Å². The molecule has 0 atom stereocenters. The van der Waals surface area contributed by atoms with Gasteiger partial charge in [0, 0.05) is 0 Å². The van der Waals surface area contributed by atoms with Crippen LogP contribution in [0.5, 0.6) is 0 Å². The number of nitrogens with one attached hydrogen (secondary N) is 1. The van der Waals surface area contributed by atoms with Crippen molar-refractivity contribution in [3.8, 4) is 0 Å². The second-order valence-electron chi connectivity index (χ2n) is 5.08. The quantitative estimate of drug-likeness (QED) is 0.816. The number of aryl methyl sites for hydroxylation is 1. The van der Waals surface area contributed by atoms with Gasteiger partial charge in [-0.3, -0.25) is 4.72 Å². The fraction of sp³-hybridized carbons (Fsp3) is 0.133. The Hall–Kier alpha value is -2.26. The molecule has 0 aliphatic carbocycles. The standard InChI is InChI=1S/C15H11ClF3NO4S/c1-8-2-3-9(14(21)22)6-13(8)20-25(23,24)10-4-5-12(16)11(7-10)15(17,18)19/h2-7,20H,1H3,(H,21,22). The zero-order valence-electron chi connectivity index (χ0n) is 12.6. The van der Waals surface area contributed by atoms with E-state index in [0.29, 0.717) is 11.6 Å². The predicted molar refractivity (Wildman–Crippen MR) is 85.4 cm³/mol. The van der Waals surface area contributed by atoms with E-state index in [1.165, 1.54) is 19.1 Å². The van der Waals surface area contributed by atoms with Crippen LogP contribution in [0, 0.1) is 6.92 Å². The molecule has 0 heterocycles. The van der Waals surface area contributed by atoms with Crippen LogP contribution in [0.25, 0.3) is 0 Å². The molecule has 0 spiro atoms. The van der Waals surface area contributed by atoms with E-state index in [2.05, 4.69) is 4.72 Å². The zero-order valence-corrected chi connectivity index (χ0v) is 14.1. The number of sulfonamides is 1. The molecule has 2 aromatic rings. The van der Waals surface area contributed by atoms with Crippen molar-refractivity contribution in [1.82, 2.24) is 0 Å². The molecule has 0 radical (unpaired) electrons. The smallest absolute Gasteiger partial charge is 0.417 e. The lowest BCUT2D eigenvalue weighted by Gasteiger charge is -2.14. The number of benzene rings is 2. The van der Waals surface area contributed by atoms with Crippen molar-refractivity contribution < 1.29 is 31.5 Å². The molecule has 2 aromatic carbocycles. The summed E-state index contributed by atoms with van der Waals surface area (Å²) < 4.78 is 65.5. The van der Waals surface area contributed by atoms with Crippen molar-refractivity contribution >= 4 is 33.3 Å². The van der Waals surface area contributed by atoms with Gasteiger partial charge in [-0.25, -0.2) is 13.2 Å². The lowest BCUT2D eigenvalue weighted by atomic mass is 10.1. The van der Waals surface area contributed by atoms with Crippen LogP contribution in [0.15, 0.2) is 41.3 Å². The van der Waals surface area contributed by atoms with Crippen molar-refractivity contribution in [2.24, 2.45) is 0 Å². The largest absolute Gasteiger partial charge is 0.478 e. The summed E-state index contributed by atoms with van der Waals surface area (Å²) in [6.45, 7) is 1.52. The average molecular weight is 394 g/mol. The Morgan fingerprint density at radius 1 is 1.16 bits per heavy atom. The third-order valence-corrected chi connectivity index (χ3v) is 4.98. The summed E-state index contributed by atoms with van der Waals surface area (Å²) in [6.07, 6.45) is -4.82. The lowest BCUT2D eigenvalue weighted by molar-refractivity contribution is -0.137. The summed E-state index contributed by atoms with van der Waals surface area (Å²) in [5.74, 6) is -1.27. The molecule has 134 valence electrons. The summed E-state index contributed by atoms with van der Waals surface area (Å²) in [5, 5.41) is 8.33. The van der Waals surface area contributed by atoms with E-state index in [9.17, 15) is 26.4 Å². The maximum absolute atomic E-state index is 12.9. The summed E-state index contributed by atoms with van der Waals surface area (Å²) in [5.41, 5.74) is -1.11. The van der Waals surface area contributed by atoms with E-state index in [-0.39, 0.29) is 11.3 Å². The summed E-state index contributed by atoms with van der Waals surface area (Å²) in [7, 11) is -4.38. The molecule has 5 nitrogen and oxygen atoms in total. The summed E-state index contributed by atoms with van der Waals surface area (Å²) >= 11 is 5.47. The highest BCUT2D eigenvalue weighted by Gasteiger charge is 2.34. The number of halogens is 4. The van der Waals surface area contributed by atoms with Gasteiger partial charge >= 0.3 is 12.1 Å². The first-order valence-electron chi connectivity index (χ1n) is 6.65. The zero-order chi connectivity index (χ0) is 19.0. The molecular weight excluding hydrogens is 383 g/mol. The minimum absolute atomic E-state index is 0.0524. The summed E-state index contributed by atoms with van der Waals surface area (Å²) in [6, 6.07) is 5.91. The second kappa shape index (κ2) is 6.57. The van der Waals surface area contributed by atoms with Crippen LogP contribution in [-0.4, -0.2) is 19.5 Å². The Labute approximate surface area is 146 Å². The van der Waals surface area contributed by atoms with Crippen LogP contribution in [-0.2, 0) is 16.2 Å². The van der Waals surface area contributed by atoms with Crippen LogP contribution >= 0.6 is 11.6 Å². The minimum Gasteiger partial charge on any atom is -0.478 e. The fourth-order valence-corrected chi connectivity index (χ4v) is 3.33. The van der Waals surface area contributed by atoms with Gasteiger partial charge in [-0.1, -0.05) is 17.7 Å². The van der Waals surface area contributed by atoms with Crippen molar-refractivity contribution in [2.45, 2.75) is 18.0 Å². The molecule has 25 heavy (non-hydrogen) atoms. The van der Waals surface area contributed by atoms with E-state index < -0.39 is 37.7 Å². The number of carboxylic acids is 1. The minimum atomic E-state index is -4.82. The predicted octanol–water partition coefficient (Wildman–Crippen LogP) is 4.17. The van der Waals surface area contributed by atoms with E-state index in [4.69, 9.17) is 16.7 Å². The molecule has 0 aliphatic heterocycles. The topological polar surface area (TPSA) is 83.5 Å². The van der Waals surface area contributed by atoms with Gasteiger partial charge in [0.15, 0.2) is 0 Å². The summed E-state index contributed by atoms with van der Waals surface area (Å²) in [4.78, 5) is 10.3. The Kier molecular flexibility index (Phi) is 5.01.